The number of carbonyl (C=O) groups is 2. The minimum absolute atomic E-state index is 0.594. The van der Waals surface area contributed by atoms with E-state index in [1.807, 2.05) is 0 Å². The lowest BCUT2D eigenvalue weighted by Gasteiger charge is -2.24. The number of hydrogen-bond acceptors (Lipinski definition) is 7. The van der Waals surface area contributed by atoms with E-state index in [9.17, 15) is 9.59 Å². The first kappa shape index (κ1) is 19.3. The summed E-state index contributed by atoms with van der Waals surface area (Å²) in [4.78, 5) is 21.9. The van der Waals surface area contributed by atoms with Crippen LogP contribution in [0.25, 0.3) is 0 Å². The van der Waals surface area contributed by atoms with Crippen molar-refractivity contribution in [3.63, 3.8) is 0 Å². The second-order valence-corrected chi connectivity index (χ2v) is 3.96. The molecule has 0 saturated heterocycles. The van der Waals surface area contributed by atoms with E-state index < -0.39 is 37.1 Å². The van der Waals surface area contributed by atoms with Crippen molar-refractivity contribution in [2.24, 2.45) is 0 Å². The number of carbonyl (C=O) groups excluding carboxylic acids is 2. The topological polar surface area (TPSA) is 80.3 Å². The van der Waals surface area contributed by atoms with Crippen molar-refractivity contribution in [1.82, 2.24) is 0 Å². The molecule has 0 aliphatic rings. The monoisotopic (exact) mass is 302 g/mol. The summed E-state index contributed by atoms with van der Waals surface area (Å²) in [6, 6.07) is 0. The van der Waals surface area contributed by atoms with Gasteiger partial charge >= 0.3 is 11.9 Å². The standard InChI is InChI=1S/C14H22O7/c1-7-13(15)20-11(5)18-9(3)17-10(4)19-12(6)21-14(16)8-2/h7-12H,1-2H2,3-6H3. The number of rotatable bonds is 10. The maximum Gasteiger partial charge on any atom is 0.332 e. The van der Waals surface area contributed by atoms with Crippen LogP contribution in [0.5, 0.6) is 0 Å². The Balaban J connectivity index is 4.05. The van der Waals surface area contributed by atoms with Crippen LogP contribution < -0.4 is 0 Å². The van der Waals surface area contributed by atoms with Crippen LogP contribution in [0, 0.1) is 0 Å². The van der Waals surface area contributed by atoms with Gasteiger partial charge in [-0.2, -0.15) is 0 Å². The van der Waals surface area contributed by atoms with E-state index in [4.69, 9.17) is 23.7 Å². The molecule has 0 bridgehead atoms. The summed E-state index contributed by atoms with van der Waals surface area (Å²) in [5.74, 6) is -1.19. The average Bonchev–Trinajstić information content (AvgIpc) is 2.37. The van der Waals surface area contributed by atoms with E-state index in [2.05, 4.69) is 13.2 Å². The molecule has 4 unspecified atom stereocenters. The molecule has 0 aromatic heterocycles. The number of hydrogen-bond donors (Lipinski definition) is 0. The Morgan fingerprint density at radius 3 is 1.29 bits per heavy atom. The van der Waals surface area contributed by atoms with Gasteiger partial charge in [0.1, 0.15) is 0 Å². The molecule has 0 saturated carbocycles. The van der Waals surface area contributed by atoms with Gasteiger partial charge < -0.3 is 23.7 Å². The zero-order valence-corrected chi connectivity index (χ0v) is 12.7. The molecule has 0 aliphatic carbocycles. The van der Waals surface area contributed by atoms with Gasteiger partial charge in [-0.3, -0.25) is 0 Å². The molecule has 0 radical (unpaired) electrons. The zero-order valence-electron chi connectivity index (χ0n) is 12.7. The molecular formula is C14H22O7. The van der Waals surface area contributed by atoms with Crippen molar-refractivity contribution in [2.75, 3.05) is 0 Å². The lowest BCUT2D eigenvalue weighted by Crippen LogP contribution is -2.30. The second-order valence-electron chi connectivity index (χ2n) is 3.96. The van der Waals surface area contributed by atoms with Crippen molar-refractivity contribution in [2.45, 2.75) is 52.9 Å². The number of ether oxygens (including phenoxy) is 5. The Kier molecular flexibility index (Phi) is 9.27. The van der Waals surface area contributed by atoms with Crippen molar-refractivity contribution in [1.29, 1.82) is 0 Å². The fraction of sp³-hybridized carbons (Fsp3) is 0.571. The second kappa shape index (κ2) is 10.1. The molecule has 0 spiro atoms. The molecule has 0 fully saturated rings. The van der Waals surface area contributed by atoms with Crippen molar-refractivity contribution in [3.05, 3.63) is 25.3 Å². The molecular weight excluding hydrogens is 280 g/mol. The Labute approximate surface area is 124 Å². The van der Waals surface area contributed by atoms with Gasteiger partial charge in [-0.1, -0.05) is 13.2 Å². The summed E-state index contributed by atoms with van der Waals surface area (Å²) < 4.78 is 25.5. The minimum Gasteiger partial charge on any atom is -0.433 e. The van der Waals surface area contributed by atoms with Crippen LogP contribution in [0.2, 0.25) is 0 Å². The van der Waals surface area contributed by atoms with Gasteiger partial charge in [-0.25, -0.2) is 9.59 Å². The molecule has 0 aromatic rings. The van der Waals surface area contributed by atoms with Crippen molar-refractivity contribution < 1.29 is 33.3 Å². The third kappa shape index (κ3) is 9.78. The molecule has 4 atom stereocenters. The molecule has 0 aromatic carbocycles. The van der Waals surface area contributed by atoms with Gasteiger partial charge in [0.25, 0.3) is 0 Å². The molecule has 0 amide bonds. The third-order valence-electron chi connectivity index (χ3n) is 2.05. The summed E-state index contributed by atoms with van der Waals surface area (Å²) >= 11 is 0. The van der Waals surface area contributed by atoms with Crippen LogP contribution >= 0.6 is 0 Å². The first-order valence-corrected chi connectivity index (χ1v) is 6.41. The van der Waals surface area contributed by atoms with Gasteiger partial charge in [-0.15, -0.1) is 0 Å². The lowest BCUT2D eigenvalue weighted by atomic mass is 10.6. The molecule has 0 N–H and O–H groups in total. The lowest BCUT2D eigenvalue weighted by molar-refractivity contribution is -0.297. The molecule has 7 nitrogen and oxygen atoms in total. The Morgan fingerprint density at radius 1 is 0.714 bits per heavy atom. The quantitative estimate of drug-likeness (QED) is 0.346. The van der Waals surface area contributed by atoms with Crippen LogP contribution in [0.15, 0.2) is 25.3 Å². The van der Waals surface area contributed by atoms with Crippen LogP contribution in [0.3, 0.4) is 0 Å². The van der Waals surface area contributed by atoms with E-state index in [1.165, 1.54) is 0 Å². The van der Waals surface area contributed by atoms with E-state index in [1.54, 1.807) is 27.7 Å². The largest absolute Gasteiger partial charge is 0.433 e. The third-order valence-corrected chi connectivity index (χ3v) is 2.05. The fourth-order valence-electron chi connectivity index (χ4n) is 1.35. The first-order chi connectivity index (χ1) is 9.78. The molecule has 0 aliphatic heterocycles. The maximum atomic E-state index is 11.0. The number of esters is 2. The molecule has 7 heteroatoms. The highest BCUT2D eigenvalue weighted by Crippen LogP contribution is 2.08. The Morgan fingerprint density at radius 2 is 1.00 bits per heavy atom. The predicted molar refractivity (Wildman–Crippen MR) is 73.7 cm³/mol. The summed E-state index contributed by atoms with van der Waals surface area (Å²) in [5, 5.41) is 0. The summed E-state index contributed by atoms with van der Waals surface area (Å²) in [7, 11) is 0. The molecule has 21 heavy (non-hydrogen) atoms. The smallest absolute Gasteiger partial charge is 0.332 e. The fourth-order valence-corrected chi connectivity index (χ4v) is 1.35. The first-order valence-electron chi connectivity index (χ1n) is 6.41. The molecule has 0 heterocycles. The summed E-state index contributed by atoms with van der Waals surface area (Å²) in [5.41, 5.74) is 0. The van der Waals surface area contributed by atoms with Gasteiger partial charge in [0.2, 0.25) is 12.6 Å². The van der Waals surface area contributed by atoms with Gasteiger partial charge in [0.05, 0.1) is 0 Å². The van der Waals surface area contributed by atoms with E-state index in [0.717, 1.165) is 12.2 Å². The normalized spacial score (nSPS) is 16.2. The van der Waals surface area contributed by atoms with E-state index in [-0.39, 0.29) is 0 Å². The highest BCUT2D eigenvalue weighted by molar-refractivity contribution is 5.81. The van der Waals surface area contributed by atoms with Crippen LogP contribution in [-0.2, 0) is 33.3 Å². The molecule has 120 valence electrons. The van der Waals surface area contributed by atoms with E-state index >= 15 is 0 Å². The average molecular weight is 302 g/mol. The van der Waals surface area contributed by atoms with Gasteiger partial charge in [0, 0.05) is 12.2 Å². The predicted octanol–water partition coefficient (Wildman–Crippen LogP) is 1.88. The summed E-state index contributed by atoms with van der Waals surface area (Å²) in [6.45, 7) is 12.9. The summed E-state index contributed by atoms with van der Waals surface area (Å²) in [6.07, 6.45) is -0.924. The van der Waals surface area contributed by atoms with Crippen LogP contribution in [-0.4, -0.2) is 37.1 Å². The SMILES string of the molecule is C=CC(=O)OC(C)OC(C)OC(C)OC(C)OC(=O)C=C. The van der Waals surface area contributed by atoms with Gasteiger partial charge in [0.15, 0.2) is 12.6 Å². The van der Waals surface area contributed by atoms with Crippen molar-refractivity contribution in [3.8, 4) is 0 Å². The van der Waals surface area contributed by atoms with Crippen LogP contribution in [0.4, 0.5) is 0 Å². The highest BCUT2D eigenvalue weighted by Gasteiger charge is 2.17. The Hall–Kier alpha value is -1.70. The molecule has 0 rings (SSSR count). The van der Waals surface area contributed by atoms with E-state index in [0.29, 0.717) is 0 Å². The highest BCUT2D eigenvalue weighted by atomic mass is 16.8. The van der Waals surface area contributed by atoms with Crippen molar-refractivity contribution >= 4 is 11.9 Å². The minimum atomic E-state index is -0.797. The Bertz CT molecular complexity index is 332. The maximum absolute atomic E-state index is 11.0. The zero-order chi connectivity index (χ0) is 16.4. The van der Waals surface area contributed by atoms with Gasteiger partial charge in [-0.05, 0) is 27.7 Å². The van der Waals surface area contributed by atoms with Crippen LogP contribution in [0.1, 0.15) is 27.7 Å².